The van der Waals surface area contributed by atoms with Crippen molar-refractivity contribution in [3.05, 3.63) is 29.3 Å². The number of carbonyl (C=O) groups is 1. The average molecular weight is 262 g/mol. The quantitative estimate of drug-likeness (QED) is 0.869. The van der Waals surface area contributed by atoms with Crippen LogP contribution >= 0.6 is 0 Å². The monoisotopic (exact) mass is 262 g/mol. The number of carbonyl (C=O) groups excluding carboxylic acids is 1. The zero-order valence-electron chi connectivity index (χ0n) is 11.7. The molecule has 0 saturated carbocycles. The molecule has 1 saturated heterocycles. The second kappa shape index (κ2) is 6.57. The van der Waals surface area contributed by atoms with Crippen molar-refractivity contribution in [1.82, 2.24) is 10.6 Å². The lowest BCUT2D eigenvalue weighted by atomic mass is 10.1. The summed E-state index contributed by atoms with van der Waals surface area (Å²) in [4.78, 5) is 11.8. The van der Waals surface area contributed by atoms with Crippen LogP contribution < -0.4 is 15.4 Å². The first-order valence-electron chi connectivity index (χ1n) is 6.85. The van der Waals surface area contributed by atoms with Crippen molar-refractivity contribution in [2.75, 3.05) is 13.7 Å². The molecule has 1 unspecified atom stereocenters. The minimum absolute atomic E-state index is 0.0743. The minimum Gasteiger partial charge on any atom is -0.496 e. The van der Waals surface area contributed by atoms with Crippen molar-refractivity contribution in [3.63, 3.8) is 0 Å². The number of amides is 1. The predicted octanol–water partition coefficient (Wildman–Crippen LogP) is 1.76. The van der Waals surface area contributed by atoms with Crippen molar-refractivity contribution in [1.29, 1.82) is 0 Å². The lowest BCUT2D eigenvalue weighted by Crippen LogP contribution is -2.42. The Bertz CT molecular complexity index is 446. The number of benzene rings is 1. The molecule has 1 aromatic rings. The summed E-state index contributed by atoms with van der Waals surface area (Å²) >= 11 is 0. The van der Waals surface area contributed by atoms with Gasteiger partial charge in [-0.25, -0.2) is 0 Å². The third-order valence-corrected chi connectivity index (χ3v) is 3.56. The van der Waals surface area contributed by atoms with Crippen molar-refractivity contribution in [3.8, 4) is 5.75 Å². The fourth-order valence-corrected chi connectivity index (χ4v) is 2.35. The molecule has 0 aromatic heterocycles. The normalized spacial score (nSPS) is 19.7. The Labute approximate surface area is 114 Å². The van der Waals surface area contributed by atoms with Gasteiger partial charge in [-0.3, -0.25) is 4.79 Å². The average Bonchev–Trinajstić information content (AvgIpc) is 2.62. The summed E-state index contributed by atoms with van der Waals surface area (Å²) in [5.41, 5.74) is 2.26. The van der Waals surface area contributed by atoms with Crippen molar-refractivity contribution in [2.45, 2.75) is 38.8 Å². The number of rotatable bonds is 4. The molecule has 4 heteroatoms. The van der Waals surface area contributed by atoms with Gasteiger partial charge < -0.3 is 15.4 Å². The van der Waals surface area contributed by atoms with Crippen LogP contribution in [0.4, 0.5) is 0 Å². The number of ether oxygens (including phenoxy) is 1. The largest absolute Gasteiger partial charge is 0.496 e. The molecule has 1 atom stereocenters. The Morgan fingerprint density at radius 3 is 3.05 bits per heavy atom. The van der Waals surface area contributed by atoms with Gasteiger partial charge in [0.05, 0.1) is 13.2 Å². The SMILES string of the molecule is COc1cc(CNC2CCCCNC2=O)ccc1C. The summed E-state index contributed by atoms with van der Waals surface area (Å²) in [6.07, 6.45) is 3.07. The molecule has 0 aliphatic carbocycles. The van der Waals surface area contributed by atoms with Crippen LogP contribution in [-0.2, 0) is 11.3 Å². The van der Waals surface area contributed by atoms with Gasteiger partial charge in [-0.2, -0.15) is 0 Å². The topological polar surface area (TPSA) is 50.4 Å². The second-order valence-corrected chi connectivity index (χ2v) is 5.02. The standard InChI is InChI=1S/C15H22N2O2/c1-11-6-7-12(9-14(11)19-2)10-17-13-5-3-4-8-16-15(13)18/h6-7,9,13,17H,3-5,8,10H2,1-2H3,(H,16,18). The molecule has 0 radical (unpaired) electrons. The van der Waals surface area contributed by atoms with Crippen LogP contribution in [0.5, 0.6) is 5.75 Å². The molecular formula is C15H22N2O2. The number of hydrogen-bond donors (Lipinski definition) is 2. The number of methoxy groups -OCH3 is 1. The molecule has 1 heterocycles. The first-order chi connectivity index (χ1) is 9.20. The molecular weight excluding hydrogens is 240 g/mol. The van der Waals surface area contributed by atoms with Crippen molar-refractivity contribution in [2.24, 2.45) is 0 Å². The fraction of sp³-hybridized carbons (Fsp3) is 0.533. The van der Waals surface area contributed by atoms with E-state index >= 15 is 0 Å². The Balaban J connectivity index is 1.95. The molecule has 2 N–H and O–H groups in total. The summed E-state index contributed by atoms with van der Waals surface area (Å²) in [7, 11) is 1.68. The van der Waals surface area contributed by atoms with Crippen molar-refractivity contribution >= 4 is 5.91 Å². The van der Waals surface area contributed by atoms with E-state index in [1.165, 1.54) is 0 Å². The Morgan fingerprint density at radius 2 is 2.26 bits per heavy atom. The van der Waals surface area contributed by atoms with Gasteiger partial charge in [-0.1, -0.05) is 12.1 Å². The third-order valence-electron chi connectivity index (χ3n) is 3.56. The van der Waals surface area contributed by atoms with Crippen LogP contribution in [-0.4, -0.2) is 25.6 Å². The number of hydrogen-bond acceptors (Lipinski definition) is 3. The number of nitrogens with one attached hydrogen (secondary N) is 2. The van der Waals surface area contributed by atoms with E-state index in [4.69, 9.17) is 4.74 Å². The maximum absolute atomic E-state index is 11.8. The highest BCUT2D eigenvalue weighted by Gasteiger charge is 2.19. The Morgan fingerprint density at radius 1 is 1.42 bits per heavy atom. The summed E-state index contributed by atoms with van der Waals surface area (Å²) in [6, 6.07) is 6.06. The Kier molecular flexibility index (Phi) is 4.80. The van der Waals surface area contributed by atoms with Gasteiger partial charge in [-0.15, -0.1) is 0 Å². The summed E-state index contributed by atoms with van der Waals surface area (Å²) in [6.45, 7) is 3.51. The maximum atomic E-state index is 11.8. The van der Waals surface area contributed by atoms with E-state index < -0.39 is 0 Å². The van der Waals surface area contributed by atoms with Crippen molar-refractivity contribution < 1.29 is 9.53 Å². The molecule has 0 spiro atoms. The molecule has 1 fully saturated rings. The van der Waals surface area contributed by atoms with Gasteiger partial charge in [0, 0.05) is 13.1 Å². The number of aryl methyl sites for hydroxylation is 1. The lowest BCUT2D eigenvalue weighted by Gasteiger charge is -2.15. The smallest absolute Gasteiger partial charge is 0.237 e. The van der Waals surface area contributed by atoms with Gasteiger partial charge in [0.1, 0.15) is 5.75 Å². The Hall–Kier alpha value is -1.55. The highest BCUT2D eigenvalue weighted by atomic mass is 16.5. The predicted molar refractivity (Wildman–Crippen MR) is 75.2 cm³/mol. The summed E-state index contributed by atoms with van der Waals surface area (Å²) in [5, 5.41) is 6.27. The highest BCUT2D eigenvalue weighted by molar-refractivity contribution is 5.81. The highest BCUT2D eigenvalue weighted by Crippen LogP contribution is 2.19. The third kappa shape index (κ3) is 3.70. The van der Waals surface area contributed by atoms with Gasteiger partial charge in [-0.05, 0) is 43.4 Å². The molecule has 1 aliphatic rings. The van der Waals surface area contributed by atoms with Gasteiger partial charge in [0.25, 0.3) is 0 Å². The molecule has 1 aromatic carbocycles. The van der Waals surface area contributed by atoms with E-state index in [2.05, 4.69) is 16.7 Å². The molecule has 1 aliphatic heterocycles. The van der Waals surface area contributed by atoms with E-state index in [1.807, 2.05) is 19.1 Å². The molecule has 0 bridgehead atoms. The van der Waals surface area contributed by atoms with Crippen LogP contribution in [0.15, 0.2) is 18.2 Å². The molecule has 1 amide bonds. The molecule has 2 rings (SSSR count). The van der Waals surface area contributed by atoms with Crippen LogP contribution in [0.3, 0.4) is 0 Å². The fourth-order valence-electron chi connectivity index (χ4n) is 2.35. The second-order valence-electron chi connectivity index (χ2n) is 5.02. The molecule has 19 heavy (non-hydrogen) atoms. The first-order valence-corrected chi connectivity index (χ1v) is 6.85. The first kappa shape index (κ1) is 13.9. The molecule has 104 valence electrons. The van der Waals surface area contributed by atoms with Crippen LogP contribution in [0.2, 0.25) is 0 Å². The van der Waals surface area contributed by atoms with Gasteiger partial charge in [0.2, 0.25) is 5.91 Å². The van der Waals surface area contributed by atoms with Crippen LogP contribution in [0.25, 0.3) is 0 Å². The summed E-state index contributed by atoms with van der Waals surface area (Å²) < 4.78 is 5.31. The molecule has 4 nitrogen and oxygen atoms in total. The zero-order chi connectivity index (χ0) is 13.7. The van der Waals surface area contributed by atoms with E-state index in [9.17, 15) is 4.79 Å². The van der Waals surface area contributed by atoms with Crippen LogP contribution in [0, 0.1) is 6.92 Å². The van der Waals surface area contributed by atoms with E-state index in [1.54, 1.807) is 7.11 Å². The van der Waals surface area contributed by atoms with E-state index in [0.29, 0.717) is 6.54 Å². The van der Waals surface area contributed by atoms with E-state index in [0.717, 1.165) is 42.7 Å². The minimum atomic E-state index is -0.0743. The lowest BCUT2D eigenvalue weighted by molar-refractivity contribution is -0.122. The maximum Gasteiger partial charge on any atom is 0.237 e. The van der Waals surface area contributed by atoms with Gasteiger partial charge >= 0.3 is 0 Å². The zero-order valence-corrected chi connectivity index (χ0v) is 11.7. The van der Waals surface area contributed by atoms with Crippen LogP contribution in [0.1, 0.15) is 30.4 Å². The summed E-state index contributed by atoms with van der Waals surface area (Å²) in [5.74, 6) is 1.01. The van der Waals surface area contributed by atoms with E-state index in [-0.39, 0.29) is 11.9 Å². The van der Waals surface area contributed by atoms with Gasteiger partial charge in [0.15, 0.2) is 0 Å².